The highest BCUT2D eigenvalue weighted by Crippen LogP contribution is 2.31. The zero-order chi connectivity index (χ0) is 12.6. The zero-order valence-corrected chi connectivity index (χ0v) is 9.58. The lowest BCUT2D eigenvalue weighted by Gasteiger charge is -2.16. The monoisotopic (exact) mass is 260 g/mol. The van der Waals surface area contributed by atoms with Gasteiger partial charge < -0.3 is 14.9 Å². The van der Waals surface area contributed by atoms with Crippen molar-refractivity contribution >= 4 is 12.6 Å². The molecule has 8 heteroatoms. The third-order valence-electron chi connectivity index (χ3n) is 2.64. The summed E-state index contributed by atoms with van der Waals surface area (Å²) < 4.78 is 6.43. The first kappa shape index (κ1) is 12.4. The van der Waals surface area contributed by atoms with Crippen molar-refractivity contribution in [1.82, 2.24) is 9.55 Å². The molecule has 1 aliphatic heterocycles. The smallest absolute Gasteiger partial charge is 0.330 e. The van der Waals surface area contributed by atoms with Crippen LogP contribution in [0.1, 0.15) is 6.23 Å². The first-order chi connectivity index (χ1) is 8.04. The molecule has 0 aromatic carbocycles. The number of rotatable bonds is 2. The van der Waals surface area contributed by atoms with Crippen molar-refractivity contribution < 1.29 is 14.9 Å². The number of ether oxygens (including phenoxy) is 1. The second-order valence-corrected chi connectivity index (χ2v) is 4.34. The Morgan fingerprint density at radius 1 is 1.53 bits per heavy atom. The van der Waals surface area contributed by atoms with E-state index in [0.717, 1.165) is 4.57 Å². The summed E-state index contributed by atoms with van der Waals surface area (Å²) in [7, 11) is 0. The lowest BCUT2D eigenvalue weighted by Crippen LogP contribution is -2.35. The number of aromatic nitrogens is 2. The van der Waals surface area contributed by atoms with Crippen LogP contribution >= 0.6 is 12.6 Å². The molecule has 1 saturated heterocycles. The van der Waals surface area contributed by atoms with Gasteiger partial charge in [-0.3, -0.25) is 14.3 Å². The second kappa shape index (κ2) is 4.65. The van der Waals surface area contributed by atoms with Gasteiger partial charge in [-0.15, -0.1) is 0 Å². The fraction of sp³-hybridized carbons (Fsp3) is 0.556. The van der Waals surface area contributed by atoms with Crippen LogP contribution in [0, 0.1) is 0 Å². The van der Waals surface area contributed by atoms with E-state index in [1.165, 1.54) is 12.3 Å². The normalized spacial score (nSPS) is 32.9. The Kier molecular flexibility index (Phi) is 3.38. The van der Waals surface area contributed by atoms with Crippen LogP contribution in [0.3, 0.4) is 0 Å². The molecule has 1 aliphatic rings. The minimum atomic E-state index is -0.979. The Hall–Kier alpha value is -1.09. The van der Waals surface area contributed by atoms with Gasteiger partial charge in [0.05, 0.1) is 18.0 Å². The molecule has 17 heavy (non-hydrogen) atoms. The maximum Gasteiger partial charge on any atom is 0.330 e. The van der Waals surface area contributed by atoms with Crippen molar-refractivity contribution in [1.29, 1.82) is 0 Å². The molecule has 0 saturated carbocycles. The first-order valence-electron chi connectivity index (χ1n) is 4.98. The van der Waals surface area contributed by atoms with Crippen LogP contribution in [-0.4, -0.2) is 43.8 Å². The lowest BCUT2D eigenvalue weighted by molar-refractivity contribution is -0.0457. The molecule has 7 nitrogen and oxygen atoms in total. The summed E-state index contributed by atoms with van der Waals surface area (Å²) in [6, 6.07) is 1.17. The van der Waals surface area contributed by atoms with E-state index in [9.17, 15) is 14.7 Å². The molecule has 0 radical (unpaired) electrons. The Morgan fingerprint density at radius 3 is 2.76 bits per heavy atom. The molecule has 1 aromatic rings. The first-order valence-corrected chi connectivity index (χ1v) is 5.50. The summed E-state index contributed by atoms with van der Waals surface area (Å²) in [5, 5.41) is 18.0. The number of aliphatic hydroxyl groups excluding tert-OH is 2. The van der Waals surface area contributed by atoms with Crippen molar-refractivity contribution in [2.45, 2.75) is 23.7 Å². The molecule has 3 N–H and O–H groups in total. The average molecular weight is 260 g/mol. The van der Waals surface area contributed by atoms with E-state index in [1.54, 1.807) is 0 Å². The average Bonchev–Trinajstić information content (AvgIpc) is 2.57. The maximum atomic E-state index is 11.5. The summed E-state index contributed by atoms with van der Waals surface area (Å²) in [6.07, 6.45) is -1.33. The number of thiol groups is 1. The van der Waals surface area contributed by atoms with Gasteiger partial charge in [0.15, 0.2) is 6.23 Å². The molecule has 0 spiro atoms. The molecule has 0 bridgehead atoms. The summed E-state index contributed by atoms with van der Waals surface area (Å²) >= 11 is 4.14. The van der Waals surface area contributed by atoms with Gasteiger partial charge in [0.25, 0.3) is 5.56 Å². The fourth-order valence-electron chi connectivity index (χ4n) is 1.74. The molecule has 94 valence electrons. The van der Waals surface area contributed by atoms with E-state index in [0.29, 0.717) is 0 Å². The highest BCUT2D eigenvalue weighted by molar-refractivity contribution is 7.81. The van der Waals surface area contributed by atoms with Crippen LogP contribution in [0.4, 0.5) is 0 Å². The largest absolute Gasteiger partial charge is 0.394 e. The van der Waals surface area contributed by atoms with E-state index >= 15 is 0 Å². The molecular formula is C9H12N2O5S. The van der Waals surface area contributed by atoms with Gasteiger partial charge in [-0.2, -0.15) is 12.6 Å². The Bertz CT molecular complexity index is 513. The van der Waals surface area contributed by atoms with Crippen LogP contribution in [0.15, 0.2) is 21.9 Å². The predicted molar refractivity (Wildman–Crippen MR) is 61.1 cm³/mol. The number of hydrogen-bond acceptors (Lipinski definition) is 6. The van der Waals surface area contributed by atoms with Crippen LogP contribution in [0.2, 0.25) is 0 Å². The number of H-pyrrole nitrogens is 1. The van der Waals surface area contributed by atoms with Crippen LogP contribution in [-0.2, 0) is 4.74 Å². The fourth-order valence-corrected chi connectivity index (χ4v) is 2.14. The number of aliphatic hydroxyl groups is 2. The minimum Gasteiger partial charge on any atom is -0.394 e. The maximum absolute atomic E-state index is 11.5. The Morgan fingerprint density at radius 2 is 2.24 bits per heavy atom. The highest BCUT2D eigenvalue weighted by atomic mass is 32.1. The molecule has 2 rings (SSSR count). The third-order valence-corrected chi connectivity index (χ3v) is 3.20. The number of aromatic amines is 1. The SMILES string of the molecule is O=c1ccn([C@@H]2O[C@H](CO)C(O)[C@@H]2S)c(=O)[nH]1. The summed E-state index contributed by atoms with van der Waals surface area (Å²) in [5.74, 6) is 0. The molecule has 4 atom stereocenters. The van der Waals surface area contributed by atoms with Crippen molar-refractivity contribution in [2.24, 2.45) is 0 Å². The number of nitrogens with one attached hydrogen (secondary N) is 1. The van der Waals surface area contributed by atoms with Gasteiger partial charge in [-0.05, 0) is 0 Å². The van der Waals surface area contributed by atoms with E-state index in [1.807, 2.05) is 0 Å². The minimum absolute atomic E-state index is 0.368. The van der Waals surface area contributed by atoms with E-state index in [-0.39, 0.29) is 6.61 Å². The number of hydrogen-bond donors (Lipinski definition) is 4. The molecule has 0 amide bonds. The van der Waals surface area contributed by atoms with Gasteiger partial charge in [0.1, 0.15) is 6.10 Å². The molecule has 0 aliphatic carbocycles. The van der Waals surface area contributed by atoms with Crippen molar-refractivity contribution in [3.63, 3.8) is 0 Å². The molecule has 1 unspecified atom stereocenters. The van der Waals surface area contributed by atoms with E-state index < -0.39 is 34.9 Å². The van der Waals surface area contributed by atoms with Gasteiger partial charge in [-0.25, -0.2) is 4.79 Å². The third kappa shape index (κ3) is 2.16. The van der Waals surface area contributed by atoms with E-state index in [2.05, 4.69) is 17.6 Å². The topological polar surface area (TPSA) is 105 Å². The highest BCUT2D eigenvalue weighted by Gasteiger charge is 2.42. The molecule has 1 aromatic heterocycles. The zero-order valence-electron chi connectivity index (χ0n) is 8.68. The van der Waals surface area contributed by atoms with Crippen LogP contribution < -0.4 is 11.2 Å². The van der Waals surface area contributed by atoms with Crippen molar-refractivity contribution in [3.8, 4) is 0 Å². The van der Waals surface area contributed by atoms with Crippen LogP contribution in [0.25, 0.3) is 0 Å². The standard InChI is InChI=1S/C9H12N2O5S/c12-3-4-6(14)7(17)8(16-4)11-2-1-5(13)10-9(11)15/h1-2,4,6-8,12,14,17H,3H2,(H,10,13,15)/t4-,6?,7+,8-/m1/s1. The quantitative estimate of drug-likeness (QED) is 0.464. The molecule has 1 fully saturated rings. The Balaban J connectivity index is 2.35. The molecular weight excluding hydrogens is 248 g/mol. The Labute approximate surface area is 101 Å². The lowest BCUT2D eigenvalue weighted by atomic mass is 10.2. The van der Waals surface area contributed by atoms with Gasteiger partial charge in [0, 0.05) is 12.3 Å². The second-order valence-electron chi connectivity index (χ2n) is 3.75. The van der Waals surface area contributed by atoms with Gasteiger partial charge >= 0.3 is 5.69 Å². The number of nitrogens with zero attached hydrogens (tertiary/aromatic N) is 1. The summed E-state index contributed by atoms with van der Waals surface area (Å²) in [4.78, 5) is 24.5. The van der Waals surface area contributed by atoms with Crippen molar-refractivity contribution in [3.05, 3.63) is 33.1 Å². The van der Waals surface area contributed by atoms with E-state index in [4.69, 9.17) is 9.84 Å². The predicted octanol–water partition coefficient (Wildman–Crippen LogP) is -1.91. The van der Waals surface area contributed by atoms with Crippen LogP contribution in [0.5, 0.6) is 0 Å². The van der Waals surface area contributed by atoms with Gasteiger partial charge in [0.2, 0.25) is 0 Å². The summed E-state index contributed by atoms with van der Waals surface area (Å²) in [6.45, 7) is -0.368. The van der Waals surface area contributed by atoms with Crippen molar-refractivity contribution in [2.75, 3.05) is 6.61 Å². The molecule has 2 heterocycles. The van der Waals surface area contributed by atoms with Gasteiger partial charge in [-0.1, -0.05) is 0 Å². The summed E-state index contributed by atoms with van der Waals surface area (Å²) in [5.41, 5.74) is -1.16.